The molecule has 0 aromatic heterocycles. The summed E-state index contributed by atoms with van der Waals surface area (Å²) in [4.78, 5) is 28.2. The molecule has 130 valence electrons. The van der Waals surface area contributed by atoms with Gasteiger partial charge in [-0.05, 0) is 48.4 Å². The number of carbonyl (C=O) groups excluding carboxylic acids is 2. The number of nitrogens with zero attached hydrogens (tertiary/aromatic N) is 2. The van der Waals surface area contributed by atoms with Crippen LogP contribution in [0, 0.1) is 0 Å². The van der Waals surface area contributed by atoms with Gasteiger partial charge in [0.15, 0.2) is 0 Å². The summed E-state index contributed by atoms with van der Waals surface area (Å²) in [6, 6.07) is 12.5. The Morgan fingerprint density at radius 2 is 1.84 bits per heavy atom. The maximum atomic E-state index is 12.6. The van der Waals surface area contributed by atoms with Crippen molar-refractivity contribution in [2.75, 3.05) is 38.0 Å². The third-order valence-electron chi connectivity index (χ3n) is 4.25. The van der Waals surface area contributed by atoms with E-state index in [1.165, 1.54) is 0 Å². The molecule has 0 atom stereocenters. The van der Waals surface area contributed by atoms with Crippen LogP contribution in [0.15, 0.2) is 42.5 Å². The number of rotatable bonds is 3. The molecule has 1 N–H and O–H groups in total. The molecule has 1 aliphatic heterocycles. The van der Waals surface area contributed by atoms with Crippen LogP contribution in [0.1, 0.15) is 15.9 Å². The van der Waals surface area contributed by atoms with Crippen molar-refractivity contribution < 1.29 is 14.3 Å². The smallest absolute Gasteiger partial charge is 0.326 e. The fourth-order valence-corrected chi connectivity index (χ4v) is 2.95. The molecular weight excluding hydrogens is 318 g/mol. The van der Waals surface area contributed by atoms with E-state index in [-0.39, 0.29) is 11.9 Å². The van der Waals surface area contributed by atoms with E-state index in [1.807, 2.05) is 18.2 Å². The first kappa shape index (κ1) is 16.8. The van der Waals surface area contributed by atoms with Crippen LogP contribution in [-0.4, -0.2) is 44.6 Å². The van der Waals surface area contributed by atoms with Gasteiger partial charge in [0.1, 0.15) is 5.75 Å². The summed E-state index contributed by atoms with van der Waals surface area (Å²) < 4.78 is 5.12. The maximum Gasteiger partial charge on any atom is 0.326 e. The Morgan fingerprint density at radius 1 is 1.12 bits per heavy atom. The van der Waals surface area contributed by atoms with E-state index in [4.69, 9.17) is 4.74 Å². The molecule has 25 heavy (non-hydrogen) atoms. The number of amides is 3. The van der Waals surface area contributed by atoms with Gasteiger partial charge in [0.05, 0.1) is 7.11 Å². The Hall–Kier alpha value is -3.02. The fourth-order valence-electron chi connectivity index (χ4n) is 2.95. The average Bonchev–Trinajstić information content (AvgIpc) is 3.06. The van der Waals surface area contributed by atoms with Gasteiger partial charge in [-0.2, -0.15) is 0 Å². The number of urea groups is 1. The highest BCUT2D eigenvalue weighted by atomic mass is 16.5. The van der Waals surface area contributed by atoms with Crippen LogP contribution >= 0.6 is 0 Å². The first-order valence-electron chi connectivity index (χ1n) is 8.07. The minimum atomic E-state index is -0.210. The van der Waals surface area contributed by atoms with E-state index in [0.29, 0.717) is 24.2 Å². The zero-order chi connectivity index (χ0) is 18.0. The van der Waals surface area contributed by atoms with Gasteiger partial charge in [-0.15, -0.1) is 0 Å². The summed E-state index contributed by atoms with van der Waals surface area (Å²) >= 11 is 0. The SMILES string of the molecule is COc1ccc(NC(=O)N2CCc3c(C(=O)N(C)C)cccc32)cc1. The average molecular weight is 339 g/mol. The molecule has 0 unspecified atom stereocenters. The monoisotopic (exact) mass is 339 g/mol. The molecule has 0 saturated heterocycles. The molecule has 3 rings (SSSR count). The van der Waals surface area contributed by atoms with E-state index in [2.05, 4.69) is 5.32 Å². The van der Waals surface area contributed by atoms with Gasteiger partial charge in [0.2, 0.25) is 0 Å². The van der Waals surface area contributed by atoms with Gasteiger partial charge in [0, 0.05) is 37.6 Å². The third-order valence-corrected chi connectivity index (χ3v) is 4.25. The summed E-state index contributed by atoms with van der Waals surface area (Å²) in [6.45, 7) is 0.551. The third kappa shape index (κ3) is 3.28. The van der Waals surface area contributed by atoms with E-state index in [1.54, 1.807) is 55.3 Å². The van der Waals surface area contributed by atoms with E-state index in [0.717, 1.165) is 17.0 Å². The van der Waals surface area contributed by atoms with Crippen molar-refractivity contribution in [3.8, 4) is 5.75 Å². The van der Waals surface area contributed by atoms with Gasteiger partial charge in [-0.3, -0.25) is 9.69 Å². The van der Waals surface area contributed by atoms with Gasteiger partial charge >= 0.3 is 6.03 Å². The van der Waals surface area contributed by atoms with Crippen LogP contribution in [-0.2, 0) is 6.42 Å². The number of fused-ring (bicyclic) bond motifs is 1. The quantitative estimate of drug-likeness (QED) is 0.935. The van der Waals surface area contributed by atoms with E-state index < -0.39 is 0 Å². The molecule has 3 amide bonds. The minimum absolute atomic E-state index is 0.0470. The summed E-state index contributed by atoms with van der Waals surface area (Å²) in [5.74, 6) is 0.686. The summed E-state index contributed by atoms with van der Waals surface area (Å²) in [7, 11) is 5.05. The van der Waals surface area contributed by atoms with Gasteiger partial charge < -0.3 is 15.0 Å². The standard InChI is InChI=1S/C19H21N3O3/c1-21(2)18(23)16-5-4-6-17-15(16)11-12-22(17)19(24)20-13-7-9-14(25-3)10-8-13/h4-10H,11-12H2,1-3H3,(H,20,24). The largest absolute Gasteiger partial charge is 0.497 e. The van der Waals surface area contributed by atoms with E-state index in [9.17, 15) is 9.59 Å². The molecule has 1 aliphatic rings. The second-order valence-corrected chi connectivity index (χ2v) is 6.06. The Bertz CT molecular complexity index is 800. The molecular formula is C19H21N3O3. The van der Waals surface area contributed by atoms with Crippen molar-refractivity contribution in [3.05, 3.63) is 53.6 Å². The first-order chi connectivity index (χ1) is 12.0. The lowest BCUT2D eigenvalue weighted by molar-refractivity contribution is 0.0826. The molecule has 6 nitrogen and oxygen atoms in total. The lowest BCUT2D eigenvalue weighted by atomic mass is 10.0. The van der Waals surface area contributed by atoms with Gasteiger partial charge in [0.25, 0.3) is 5.91 Å². The normalized spacial score (nSPS) is 12.5. The van der Waals surface area contributed by atoms with Crippen molar-refractivity contribution in [2.45, 2.75) is 6.42 Å². The molecule has 0 saturated carbocycles. The van der Waals surface area contributed by atoms with Crippen molar-refractivity contribution >= 4 is 23.3 Å². The summed E-state index contributed by atoms with van der Waals surface area (Å²) in [6.07, 6.45) is 0.668. The van der Waals surface area contributed by atoms with Crippen LogP contribution in [0.4, 0.5) is 16.2 Å². The number of anilines is 2. The number of methoxy groups -OCH3 is 1. The fraction of sp³-hybridized carbons (Fsp3) is 0.263. The molecule has 2 aromatic carbocycles. The first-order valence-corrected chi connectivity index (χ1v) is 8.07. The van der Waals surface area contributed by atoms with Crippen LogP contribution in [0.5, 0.6) is 5.75 Å². The highest BCUT2D eigenvalue weighted by molar-refractivity contribution is 6.05. The maximum absolute atomic E-state index is 12.6. The minimum Gasteiger partial charge on any atom is -0.497 e. The van der Waals surface area contributed by atoms with Gasteiger partial charge in [-0.25, -0.2) is 4.79 Å². The number of ether oxygens (including phenoxy) is 1. The summed E-state index contributed by atoms with van der Waals surface area (Å²) in [5, 5.41) is 2.88. The van der Waals surface area contributed by atoms with Crippen LogP contribution < -0.4 is 15.0 Å². The highest BCUT2D eigenvalue weighted by Crippen LogP contribution is 2.31. The number of hydrogen-bond acceptors (Lipinski definition) is 3. The molecule has 0 aliphatic carbocycles. The van der Waals surface area contributed by atoms with Crippen molar-refractivity contribution in [1.29, 1.82) is 0 Å². The van der Waals surface area contributed by atoms with Crippen LogP contribution in [0.25, 0.3) is 0 Å². The number of carbonyl (C=O) groups is 2. The zero-order valence-corrected chi connectivity index (χ0v) is 14.6. The second kappa shape index (κ2) is 6.84. The predicted molar refractivity (Wildman–Crippen MR) is 97.5 cm³/mol. The zero-order valence-electron chi connectivity index (χ0n) is 14.6. The van der Waals surface area contributed by atoms with Crippen LogP contribution in [0.3, 0.4) is 0 Å². The van der Waals surface area contributed by atoms with Crippen molar-refractivity contribution in [2.24, 2.45) is 0 Å². The molecule has 0 spiro atoms. The Labute approximate surface area is 147 Å². The van der Waals surface area contributed by atoms with Crippen molar-refractivity contribution in [3.63, 3.8) is 0 Å². The Morgan fingerprint density at radius 3 is 2.48 bits per heavy atom. The van der Waals surface area contributed by atoms with E-state index >= 15 is 0 Å². The number of benzene rings is 2. The van der Waals surface area contributed by atoms with Crippen molar-refractivity contribution in [1.82, 2.24) is 4.90 Å². The molecule has 1 heterocycles. The van der Waals surface area contributed by atoms with Gasteiger partial charge in [-0.1, -0.05) is 6.07 Å². The molecule has 6 heteroatoms. The molecule has 0 fully saturated rings. The summed E-state index contributed by atoms with van der Waals surface area (Å²) in [5.41, 5.74) is 3.06. The molecule has 0 bridgehead atoms. The number of nitrogens with one attached hydrogen (secondary N) is 1. The van der Waals surface area contributed by atoms with Crippen LogP contribution in [0.2, 0.25) is 0 Å². The molecule has 0 radical (unpaired) electrons. The number of hydrogen-bond donors (Lipinski definition) is 1. The predicted octanol–water partition coefficient (Wildman–Crippen LogP) is 2.99. The second-order valence-electron chi connectivity index (χ2n) is 6.06. The lowest BCUT2D eigenvalue weighted by Crippen LogP contribution is -2.33. The lowest BCUT2D eigenvalue weighted by Gasteiger charge is -2.19. The highest BCUT2D eigenvalue weighted by Gasteiger charge is 2.28. The topological polar surface area (TPSA) is 61.9 Å². The Kier molecular flexibility index (Phi) is 4.61. The molecule has 2 aromatic rings. The Balaban J connectivity index is 1.81.